The first-order valence-corrected chi connectivity index (χ1v) is 8.08. The van der Waals surface area contributed by atoms with Gasteiger partial charge < -0.3 is 31.3 Å². The van der Waals surface area contributed by atoms with E-state index >= 15 is 0 Å². The molecule has 0 bridgehead atoms. The van der Waals surface area contributed by atoms with Gasteiger partial charge in [-0.3, -0.25) is 0 Å². The van der Waals surface area contributed by atoms with Crippen LogP contribution in [-0.4, -0.2) is 51.3 Å². The molecule has 24 heavy (non-hydrogen) atoms. The molecule has 2 atom stereocenters. The lowest BCUT2D eigenvalue weighted by Gasteiger charge is -2.21. The monoisotopic (exact) mass is 340 g/mol. The minimum atomic E-state index is -0.994. The second kappa shape index (κ2) is 8.60. The number of likely N-dealkylation sites (tertiary alicyclic amines) is 1. The van der Waals surface area contributed by atoms with Crippen molar-refractivity contribution in [3.8, 4) is 0 Å². The van der Waals surface area contributed by atoms with Crippen LogP contribution in [0.15, 0.2) is 4.52 Å². The molecule has 10 heteroatoms. The normalized spacial score (nSPS) is 18.6. The Labute approximate surface area is 139 Å². The van der Waals surface area contributed by atoms with Crippen molar-refractivity contribution < 1.29 is 19.2 Å². The van der Waals surface area contributed by atoms with E-state index in [2.05, 4.69) is 15.5 Å². The van der Waals surface area contributed by atoms with Crippen molar-refractivity contribution in [2.24, 2.45) is 11.5 Å². The van der Waals surface area contributed by atoms with Gasteiger partial charge in [0.05, 0.1) is 12.6 Å². The third-order valence-electron chi connectivity index (χ3n) is 3.97. The summed E-state index contributed by atoms with van der Waals surface area (Å²) in [4.78, 5) is 28.6. The number of urea groups is 1. The van der Waals surface area contributed by atoms with Crippen LogP contribution in [-0.2, 0) is 11.3 Å². The maximum Gasteiger partial charge on any atom is 0.326 e. The van der Waals surface area contributed by atoms with Gasteiger partial charge in [-0.15, -0.1) is 0 Å². The van der Waals surface area contributed by atoms with E-state index in [0.29, 0.717) is 38.2 Å². The number of aliphatic carboxylic acids is 1. The molecule has 0 radical (unpaired) electrons. The van der Waals surface area contributed by atoms with E-state index in [4.69, 9.17) is 21.1 Å². The SMILES string of the molecule is NCCCC[C@H](N)c1noc(CNC(=O)N2CCCC2C(=O)O)n1. The molecule has 1 aromatic rings. The number of amides is 2. The Balaban J connectivity index is 1.82. The molecule has 2 heterocycles. The van der Waals surface area contributed by atoms with Crippen LogP contribution in [0.1, 0.15) is 49.9 Å². The highest BCUT2D eigenvalue weighted by atomic mass is 16.5. The number of carboxylic acid groups (broad SMARTS) is 1. The number of rotatable bonds is 8. The fourth-order valence-electron chi connectivity index (χ4n) is 2.65. The number of nitrogens with zero attached hydrogens (tertiary/aromatic N) is 3. The van der Waals surface area contributed by atoms with Gasteiger partial charge in [-0.2, -0.15) is 4.98 Å². The topological polar surface area (TPSA) is 161 Å². The third kappa shape index (κ3) is 4.65. The molecule has 134 valence electrons. The average molecular weight is 340 g/mol. The summed E-state index contributed by atoms with van der Waals surface area (Å²) >= 11 is 0. The quantitative estimate of drug-likeness (QED) is 0.479. The van der Waals surface area contributed by atoms with Gasteiger partial charge in [-0.1, -0.05) is 11.6 Å². The summed E-state index contributed by atoms with van der Waals surface area (Å²) in [7, 11) is 0. The molecule has 6 N–H and O–H groups in total. The number of carboxylic acids is 1. The molecule has 0 saturated carbocycles. The highest BCUT2D eigenvalue weighted by molar-refractivity contribution is 5.83. The Hall–Kier alpha value is -2.20. The lowest BCUT2D eigenvalue weighted by atomic mass is 10.1. The number of aromatic nitrogens is 2. The number of nitrogens with one attached hydrogen (secondary N) is 1. The first-order valence-electron chi connectivity index (χ1n) is 8.08. The van der Waals surface area contributed by atoms with Gasteiger partial charge in [0, 0.05) is 6.54 Å². The van der Waals surface area contributed by atoms with Crippen LogP contribution in [0, 0.1) is 0 Å². The Morgan fingerprint density at radius 1 is 1.46 bits per heavy atom. The average Bonchev–Trinajstić information content (AvgIpc) is 3.22. The highest BCUT2D eigenvalue weighted by Gasteiger charge is 2.34. The van der Waals surface area contributed by atoms with Crippen LogP contribution in [0.2, 0.25) is 0 Å². The second-order valence-electron chi connectivity index (χ2n) is 5.79. The maximum atomic E-state index is 12.1. The zero-order valence-electron chi connectivity index (χ0n) is 13.5. The summed E-state index contributed by atoms with van der Waals surface area (Å²) in [6.45, 7) is 1.07. The molecule has 2 rings (SSSR count). The molecule has 1 aromatic heterocycles. The smallest absolute Gasteiger partial charge is 0.326 e. The van der Waals surface area contributed by atoms with Gasteiger partial charge in [0.15, 0.2) is 5.82 Å². The van der Waals surface area contributed by atoms with Crippen LogP contribution in [0.25, 0.3) is 0 Å². The molecule has 0 aromatic carbocycles. The number of hydrogen-bond donors (Lipinski definition) is 4. The Morgan fingerprint density at radius 3 is 2.96 bits per heavy atom. The van der Waals surface area contributed by atoms with Crippen molar-refractivity contribution in [2.45, 2.75) is 50.7 Å². The predicted molar refractivity (Wildman–Crippen MR) is 83.7 cm³/mol. The molecule has 1 aliphatic rings. The summed E-state index contributed by atoms with van der Waals surface area (Å²) < 4.78 is 5.06. The van der Waals surface area contributed by atoms with E-state index in [-0.39, 0.29) is 18.5 Å². The van der Waals surface area contributed by atoms with Gasteiger partial charge in [-0.05, 0) is 32.2 Å². The number of unbranched alkanes of at least 4 members (excludes halogenated alkanes) is 1. The molecule has 0 aliphatic carbocycles. The van der Waals surface area contributed by atoms with E-state index in [9.17, 15) is 9.59 Å². The van der Waals surface area contributed by atoms with Crippen molar-refractivity contribution in [3.63, 3.8) is 0 Å². The summed E-state index contributed by atoms with van der Waals surface area (Å²) in [5.41, 5.74) is 11.4. The zero-order valence-corrected chi connectivity index (χ0v) is 13.5. The standard InChI is InChI=1S/C14H24N6O4/c15-6-2-1-4-9(16)12-18-11(24-19-12)8-17-14(23)20-7-3-5-10(20)13(21)22/h9-10H,1-8,15-16H2,(H,17,23)(H,21,22)/t9-,10?/m0/s1. The summed E-state index contributed by atoms with van der Waals surface area (Å²) in [5, 5.41) is 15.5. The molecule has 1 unspecified atom stereocenters. The molecule has 1 aliphatic heterocycles. The zero-order chi connectivity index (χ0) is 17.5. The molecule has 10 nitrogen and oxygen atoms in total. The molecule has 2 amide bonds. The van der Waals surface area contributed by atoms with Crippen LogP contribution in [0.5, 0.6) is 0 Å². The summed E-state index contributed by atoms with van der Waals surface area (Å²) in [6, 6.07) is -1.56. The van der Waals surface area contributed by atoms with Gasteiger partial charge in [0.1, 0.15) is 6.04 Å². The van der Waals surface area contributed by atoms with Crippen LogP contribution in [0.4, 0.5) is 4.79 Å². The molecule has 1 saturated heterocycles. The van der Waals surface area contributed by atoms with E-state index < -0.39 is 18.0 Å². The number of nitrogens with two attached hydrogens (primary N) is 2. The Bertz CT molecular complexity index is 563. The fraction of sp³-hybridized carbons (Fsp3) is 0.714. The van der Waals surface area contributed by atoms with E-state index in [0.717, 1.165) is 12.8 Å². The van der Waals surface area contributed by atoms with Crippen LogP contribution in [0.3, 0.4) is 0 Å². The maximum absolute atomic E-state index is 12.1. The lowest BCUT2D eigenvalue weighted by Crippen LogP contribution is -2.45. The molecular weight excluding hydrogens is 316 g/mol. The van der Waals surface area contributed by atoms with E-state index in [1.807, 2.05) is 0 Å². The third-order valence-corrected chi connectivity index (χ3v) is 3.97. The van der Waals surface area contributed by atoms with Gasteiger partial charge in [0.25, 0.3) is 0 Å². The molecular formula is C14H24N6O4. The number of carbonyl (C=O) groups excluding carboxylic acids is 1. The van der Waals surface area contributed by atoms with Crippen LogP contribution < -0.4 is 16.8 Å². The first kappa shape index (κ1) is 18.1. The minimum absolute atomic E-state index is 0.0319. The van der Waals surface area contributed by atoms with E-state index in [1.165, 1.54) is 4.90 Å². The van der Waals surface area contributed by atoms with Crippen molar-refractivity contribution in [1.29, 1.82) is 0 Å². The number of hydrogen-bond acceptors (Lipinski definition) is 7. The van der Waals surface area contributed by atoms with Gasteiger partial charge >= 0.3 is 12.0 Å². The minimum Gasteiger partial charge on any atom is -0.480 e. The molecule has 0 spiro atoms. The predicted octanol–water partition coefficient (Wildman–Crippen LogP) is -0.0430. The van der Waals surface area contributed by atoms with Crippen LogP contribution >= 0.6 is 0 Å². The Morgan fingerprint density at radius 2 is 2.25 bits per heavy atom. The van der Waals surface area contributed by atoms with Gasteiger partial charge in [0.2, 0.25) is 5.89 Å². The number of carbonyl (C=O) groups is 2. The van der Waals surface area contributed by atoms with Crippen molar-refractivity contribution in [2.75, 3.05) is 13.1 Å². The second-order valence-corrected chi connectivity index (χ2v) is 5.79. The summed E-state index contributed by atoms with van der Waals surface area (Å²) in [6.07, 6.45) is 3.60. The lowest BCUT2D eigenvalue weighted by molar-refractivity contribution is -0.141. The first-order chi connectivity index (χ1) is 11.5. The fourth-order valence-corrected chi connectivity index (χ4v) is 2.65. The highest BCUT2D eigenvalue weighted by Crippen LogP contribution is 2.17. The van der Waals surface area contributed by atoms with Gasteiger partial charge in [-0.25, -0.2) is 9.59 Å². The largest absolute Gasteiger partial charge is 0.480 e. The molecule has 1 fully saturated rings. The summed E-state index contributed by atoms with van der Waals surface area (Å²) in [5.74, 6) is -0.370. The van der Waals surface area contributed by atoms with Crippen molar-refractivity contribution in [1.82, 2.24) is 20.4 Å². The van der Waals surface area contributed by atoms with Crippen molar-refractivity contribution in [3.05, 3.63) is 11.7 Å². The Kier molecular flexibility index (Phi) is 6.50. The van der Waals surface area contributed by atoms with Crippen molar-refractivity contribution >= 4 is 12.0 Å². The van der Waals surface area contributed by atoms with E-state index in [1.54, 1.807) is 0 Å².